The third-order valence-corrected chi connectivity index (χ3v) is 2.76. The van der Waals surface area contributed by atoms with Crippen LogP contribution in [0.3, 0.4) is 0 Å². The summed E-state index contributed by atoms with van der Waals surface area (Å²) in [7, 11) is 0. The van der Waals surface area contributed by atoms with E-state index in [4.69, 9.17) is 5.73 Å². The molecule has 0 aromatic heterocycles. The number of aryl methyl sites for hydroxylation is 1. The Labute approximate surface area is 84.9 Å². The normalized spacial score (nSPS) is 17.1. The van der Waals surface area contributed by atoms with Crippen LogP contribution in [0, 0.1) is 6.92 Å². The fourth-order valence-corrected chi connectivity index (χ4v) is 1.85. The average Bonchev–Trinajstić information content (AvgIpc) is 2.23. The van der Waals surface area contributed by atoms with Crippen molar-refractivity contribution < 1.29 is 0 Å². The van der Waals surface area contributed by atoms with Gasteiger partial charge in [0, 0.05) is 26.2 Å². The Bertz CT molecular complexity index is 316. The lowest BCUT2D eigenvalue weighted by atomic mass is 10.1. The lowest BCUT2D eigenvalue weighted by Gasteiger charge is -2.30. The molecule has 0 amide bonds. The summed E-state index contributed by atoms with van der Waals surface area (Å²) in [4.78, 5) is 2.35. The van der Waals surface area contributed by atoms with Crippen molar-refractivity contribution in [2.24, 2.45) is 0 Å². The van der Waals surface area contributed by atoms with E-state index in [1.165, 1.54) is 11.3 Å². The predicted molar refractivity (Wildman–Crippen MR) is 60.7 cm³/mol. The van der Waals surface area contributed by atoms with E-state index in [1.807, 2.05) is 0 Å². The zero-order chi connectivity index (χ0) is 9.97. The highest BCUT2D eigenvalue weighted by molar-refractivity contribution is 5.71. The molecule has 1 fully saturated rings. The van der Waals surface area contributed by atoms with Gasteiger partial charge in [0.25, 0.3) is 0 Å². The van der Waals surface area contributed by atoms with Crippen LogP contribution in [-0.4, -0.2) is 26.2 Å². The van der Waals surface area contributed by atoms with Crippen molar-refractivity contribution in [3.63, 3.8) is 0 Å². The van der Waals surface area contributed by atoms with Gasteiger partial charge >= 0.3 is 0 Å². The maximum absolute atomic E-state index is 6.05. The number of hydrogen-bond donors (Lipinski definition) is 2. The summed E-state index contributed by atoms with van der Waals surface area (Å²) in [6, 6.07) is 6.23. The minimum Gasteiger partial charge on any atom is -0.397 e. The van der Waals surface area contributed by atoms with Crippen LogP contribution in [0.4, 0.5) is 11.4 Å². The average molecular weight is 191 g/mol. The van der Waals surface area contributed by atoms with Gasteiger partial charge in [-0.05, 0) is 18.6 Å². The maximum Gasteiger partial charge on any atom is 0.0603 e. The Hall–Kier alpha value is -1.22. The van der Waals surface area contributed by atoms with Gasteiger partial charge in [-0.1, -0.05) is 12.1 Å². The number of nitrogen functional groups attached to an aromatic ring is 1. The summed E-state index contributed by atoms with van der Waals surface area (Å²) in [5.74, 6) is 0. The number of nitrogens with one attached hydrogen (secondary N) is 1. The molecule has 1 aliphatic rings. The topological polar surface area (TPSA) is 41.3 Å². The van der Waals surface area contributed by atoms with E-state index >= 15 is 0 Å². The van der Waals surface area contributed by atoms with Crippen LogP contribution in [0.1, 0.15) is 5.56 Å². The fraction of sp³-hybridized carbons (Fsp3) is 0.455. The van der Waals surface area contributed by atoms with E-state index in [0.717, 1.165) is 31.9 Å². The Balaban J connectivity index is 2.26. The zero-order valence-corrected chi connectivity index (χ0v) is 8.59. The molecule has 2 rings (SSSR count). The monoisotopic (exact) mass is 191 g/mol. The molecular formula is C11H17N3. The number of nitrogens with two attached hydrogens (primary N) is 1. The second-order valence-corrected chi connectivity index (χ2v) is 3.74. The summed E-state index contributed by atoms with van der Waals surface area (Å²) in [6.45, 7) is 6.25. The Morgan fingerprint density at radius 3 is 2.71 bits per heavy atom. The Morgan fingerprint density at radius 2 is 2.00 bits per heavy atom. The molecular weight excluding hydrogens is 174 g/mol. The van der Waals surface area contributed by atoms with Crippen LogP contribution < -0.4 is 16.0 Å². The van der Waals surface area contributed by atoms with Gasteiger partial charge in [-0.25, -0.2) is 0 Å². The lowest BCUT2D eigenvalue weighted by molar-refractivity contribution is 0.589. The van der Waals surface area contributed by atoms with E-state index < -0.39 is 0 Å². The summed E-state index contributed by atoms with van der Waals surface area (Å²) in [5.41, 5.74) is 9.33. The molecule has 0 bridgehead atoms. The zero-order valence-electron chi connectivity index (χ0n) is 8.59. The van der Waals surface area contributed by atoms with Crippen molar-refractivity contribution in [2.75, 3.05) is 36.8 Å². The van der Waals surface area contributed by atoms with Crippen LogP contribution >= 0.6 is 0 Å². The van der Waals surface area contributed by atoms with Crippen LogP contribution in [0.2, 0.25) is 0 Å². The molecule has 1 aromatic carbocycles. The quantitative estimate of drug-likeness (QED) is 0.650. The van der Waals surface area contributed by atoms with E-state index in [-0.39, 0.29) is 0 Å². The second kappa shape index (κ2) is 3.88. The van der Waals surface area contributed by atoms with Crippen molar-refractivity contribution in [3.8, 4) is 0 Å². The van der Waals surface area contributed by atoms with Gasteiger partial charge < -0.3 is 16.0 Å². The van der Waals surface area contributed by atoms with Gasteiger partial charge in [0.2, 0.25) is 0 Å². The molecule has 0 unspecified atom stereocenters. The lowest BCUT2D eigenvalue weighted by Crippen LogP contribution is -2.43. The van der Waals surface area contributed by atoms with Gasteiger partial charge in [0.05, 0.1) is 11.4 Å². The minimum atomic E-state index is 0.925. The molecule has 3 heteroatoms. The van der Waals surface area contributed by atoms with E-state index in [1.54, 1.807) is 0 Å². The fourth-order valence-electron chi connectivity index (χ4n) is 1.85. The molecule has 76 valence electrons. The third-order valence-electron chi connectivity index (χ3n) is 2.76. The molecule has 1 saturated heterocycles. The predicted octanol–water partition coefficient (Wildman–Crippen LogP) is 0.987. The Kier molecular flexibility index (Phi) is 2.59. The standard InChI is InChI=1S/C11H17N3/c1-9-3-2-4-10(11(9)12)14-7-5-13-6-8-14/h2-4,13H,5-8,12H2,1H3. The first-order valence-corrected chi connectivity index (χ1v) is 5.10. The minimum absolute atomic E-state index is 0.925. The molecule has 1 aromatic rings. The Morgan fingerprint density at radius 1 is 1.29 bits per heavy atom. The highest BCUT2D eigenvalue weighted by Crippen LogP contribution is 2.25. The first-order valence-electron chi connectivity index (χ1n) is 5.10. The summed E-state index contributed by atoms with van der Waals surface area (Å²) >= 11 is 0. The molecule has 0 saturated carbocycles. The largest absolute Gasteiger partial charge is 0.397 e. The van der Waals surface area contributed by atoms with Crippen molar-refractivity contribution in [3.05, 3.63) is 23.8 Å². The molecule has 1 aliphatic heterocycles. The van der Waals surface area contributed by atoms with Gasteiger partial charge in [-0.3, -0.25) is 0 Å². The highest BCUT2D eigenvalue weighted by atomic mass is 15.2. The first kappa shape index (κ1) is 9.34. The van der Waals surface area contributed by atoms with E-state index in [0.29, 0.717) is 0 Å². The van der Waals surface area contributed by atoms with Gasteiger partial charge in [-0.15, -0.1) is 0 Å². The highest BCUT2D eigenvalue weighted by Gasteiger charge is 2.13. The molecule has 0 atom stereocenters. The second-order valence-electron chi connectivity index (χ2n) is 3.74. The third kappa shape index (κ3) is 1.68. The number of anilines is 2. The van der Waals surface area contributed by atoms with Crippen LogP contribution in [-0.2, 0) is 0 Å². The summed E-state index contributed by atoms with van der Waals surface area (Å²) < 4.78 is 0. The van der Waals surface area contributed by atoms with Crippen LogP contribution in [0.25, 0.3) is 0 Å². The number of nitrogens with zero attached hydrogens (tertiary/aromatic N) is 1. The molecule has 14 heavy (non-hydrogen) atoms. The van der Waals surface area contributed by atoms with Crippen LogP contribution in [0.15, 0.2) is 18.2 Å². The van der Waals surface area contributed by atoms with E-state index in [2.05, 4.69) is 35.3 Å². The van der Waals surface area contributed by atoms with Crippen molar-refractivity contribution in [2.45, 2.75) is 6.92 Å². The number of para-hydroxylation sites is 1. The van der Waals surface area contributed by atoms with Gasteiger partial charge in [0.15, 0.2) is 0 Å². The summed E-state index contributed by atoms with van der Waals surface area (Å²) in [6.07, 6.45) is 0. The number of benzene rings is 1. The van der Waals surface area contributed by atoms with Crippen molar-refractivity contribution >= 4 is 11.4 Å². The number of piperazine rings is 1. The number of rotatable bonds is 1. The first-order chi connectivity index (χ1) is 6.79. The summed E-state index contributed by atoms with van der Waals surface area (Å²) in [5, 5.41) is 3.34. The molecule has 0 spiro atoms. The van der Waals surface area contributed by atoms with Gasteiger partial charge in [0.1, 0.15) is 0 Å². The maximum atomic E-state index is 6.05. The molecule has 0 aliphatic carbocycles. The SMILES string of the molecule is Cc1cccc(N2CCNCC2)c1N. The molecule has 1 heterocycles. The van der Waals surface area contributed by atoms with Gasteiger partial charge in [-0.2, -0.15) is 0 Å². The van der Waals surface area contributed by atoms with Crippen LogP contribution in [0.5, 0.6) is 0 Å². The molecule has 0 radical (unpaired) electrons. The number of hydrogen-bond acceptors (Lipinski definition) is 3. The van der Waals surface area contributed by atoms with Crippen molar-refractivity contribution in [1.82, 2.24) is 5.32 Å². The van der Waals surface area contributed by atoms with E-state index in [9.17, 15) is 0 Å². The van der Waals surface area contributed by atoms with Crippen molar-refractivity contribution in [1.29, 1.82) is 0 Å². The molecule has 3 N–H and O–H groups in total. The smallest absolute Gasteiger partial charge is 0.0603 e. The molecule has 3 nitrogen and oxygen atoms in total.